The standard InChI is InChI=1S/C16H14N2O2/c19-11-5-4-6-13-9-10-15(17-12-13)16(20)18-14-7-2-1-3-8-14/h1-3,7-10,12,19H,5,11H2,(H,18,20). The van der Waals surface area contributed by atoms with Crippen LogP contribution in [0, 0.1) is 11.8 Å². The topological polar surface area (TPSA) is 62.2 Å². The summed E-state index contributed by atoms with van der Waals surface area (Å²) >= 11 is 0. The molecule has 2 aromatic rings. The first-order chi connectivity index (χ1) is 9.79. The van der Waals surface area contributed by atoms with Gasteiger partial charge in [-0.3, -0.25) is 4.79 Å². The van der Waals surface area contributed by atoms with Crippen LogP contribution in [0.5, 0.6) is 0 Å². The van der Waals surface area contributed by atoms with Crippen molar-refractivity contribution in [2.75, 3.05) is 11.9 Å². The van der Waals surface area contributed by atoms with E-state index in [9.17, 15) is 4.79 Å². The summed E-state index contributed by atoms with van der Waals surface area (Å²) in [5.74, 6) is 5.40. The second-order valence-corrected chi connectivity index (χ2v) is 4.03. The number of hydrogen-bond donors (Lipinski definition) is 2. The summed E-state index contributed by atoms with van der Waals surface area (Å²) in [5.41, 5.74) is 1.78. The van der Waals surface area contributed by atoms with E-state index in [-0.39, 0.29) is 12.5 Å². The van der Waals surface area contributed by atoms with E-state index in [0.29, 0.717) is 12.1 Å². The Hall–Kier alpha value is -2.64. The molecular formula is C16H14N2O2. The number of rotatable bonds is 3. The number of nitrogens with one attached hydrogen (secondary N) is 1. The predicted octanol–water partition coefficient (Wildman–Crippen LogP) is 2.07. The lowest BCUT2D eigenvalue weighted by Crippen LogP contribution is -2.13. The quantitative estimate of drug-likeness (QED) is 0.836. The number of aliphatic hydroxyl groups is 1. The van der Waals surface area contributed by atoms with Gasteiger partial charge >= 0.3 is 0 Å². The van der Waals surface area contributed by atoms with Crippen molar-refractivity contribution >= 4 is 11.6 Å². The van der Waals surface area contributed by atoms with Crippen LogP contribution in [0.2, 0.25) is 0 Å². The van der Waals surface area contributed by atoms with Gasteiger partial charge in [-0.15, -0.1) is 0 Å². The third-order valence-corrected chi connectivity index (χ3v) is 2.50. The molecule has 4 heteroatoms. The molecule has 4 nitrogen and oxygen atoms in total. The molecule has 2 N–H and O–H groups in total. The Morgan fingerprint density at radius 2 is 2.00 bits per heavy atom. The van der Waals surface area contributed by atoms with Crippen molar-refractivity contribution < 1.29 is 9.90 Å². The molecular weight excluding hydrogens is 252 g/mol. The molecule has 100 valence electrons. The molecule has 0 saturated carbocycles. The van der Waals surface area contributed by atoms with Crippen LogP contribution in [0.4, 0.5) is 5.69 Å². The van der Waals surface area contributed by atoms with Gasteiger partial charge in [0.2, 0.25) is 0 Å². The van der Waals surface area contributed by atoms with Gasteiger partial charge < -0.3 is 10.4 Å². The number of pyridine rings is 1. The zero-order valence-electron chi connectivity index (χ0n) is 10.8. The summed E-state index contributed by atoms with van der Waals surface area (Å²) in [6, 6.07) is 12.6. The first-order valence-electron chi connectivity index (χ1n) is 6.22. The fraction of sp³-hybridized carbons (Fsp3) is 0.125. The average Bonchev–Trinajstić information content (AvgIpc) is 2.49. The molecule has 0 saturated heterocycles. The summed E-state index contributed by atoms with van der Waals surface area (Å²) in [6.45, 7) is 0.0397. The van der Waals surface area contributed by atoms with Gasteiger partial charge in [0.15, 0.2) is 0 Å². The third kappa shape index (κ3) is 3.94. The van der Waals surface area contributed by atoms with Crippen LogP contribution in [-0.4, -0.2) is 22.6 Å². The molecule has 1 heterocycles. The van der Waals surface area contributed by atoms with Gasteiger partial charge in [0.1, 0.15) is 5.69 Å². The van der Waals surface area contributed by atoms with Crippen LogP contribution >= 0.6 is 0 Å². The van der Waals surface area contributed by atoms with Crippen molar-refractivity contribution in [3.8, 4) is 11.8 Å². The summed E-state index contributed by atoms with van der Waals surface area (Å²) in [4.78, 5) is 16.0. The lowest BCUT2D eigenvalue weighted by molar-refractivity contribution is 0.102. The van der Waals surface area contributed by atoms with Crippen molar-refractivity contribution in [1.82, 2.24) is 4.98 Å². The van der Waals surface area contributed by atoms with Gasteiger partial charge in [0.25, 0.3) is 5.91 Å². The smallest absolute Gasteiger partial charge is 0.274 e. The van der Waals surface area contributed by atoms with E-state index in [1.807, 2.05) is 30.3 Å². The second-order valence-electron chi connectivity index (χ2n) is 4.03. The molecule has 0 aliphatic carbocycles. The Balaban J connectivity index is 2.03. The maximum atomic E-state index is 11.9. The minimum Gasteiger partial charge on any atom is -0.395 e. The van der Waals surface area contributed by atoms with Crippen molar-refractivity contribution in [3.63, 3.8) is 0 Å². The number of aromatic nitrogens is 1. The Bertz CT molecular complexity index is 625. The van der Waals surface area contributed by atoms with Crippen LogP contribution in [0.1, 0.15) is 22.5 Å². The van der Waals surface area contributed by atoms with Gasteiger partial charge in [-0.2, -0.15) is 0 Å². The van der Waals surface area contributed by atoms with Crippen LogP contribution in [-0.2, 0) is 0 Å². The van der Waals surface area contributed by atoms with Crippen molar-refractivity contribution in [1.29, 1.82) is 0 Å². The maximum absolute atomic E-state index is 11.9. The van der Waals surface area contributed by atoms with Gasteiger partial charge in [-0.25, -0.2) is 4.98 Å². The lowest BCUT2D eigenvalue weighted by atomic mass is 10.2. The van der Waals surface area contributed by atoms with E-state index in [1.54, 1.807) is 18.3 Å². The van der Waals surface area contributed by atoms with Crippen molar-refractivity contribution in [2.24, 2.45) is 0 Å². The Labute approximate surface area is 117 Å². The second kappa shape index (κ2) is 7.07. The highest BCUT2D eigenvalue weighted by Crippen LogP contribution is 2.07. The minimum atomic E-state index is -0.258. The molecule has 0 bridgehead atoms. The molecule has 20 heavy (non-hydrogen) atoms. The number of carbonyl (C=O) groups is 1. The molecule has 0 radical (unpaired) electrons. The predicted molar refractivity (Wildman–Crippen MR) is 77.2 cm³/mol. The summed E-state index contributed by atoms with van der Waals surface area (Å²) in [5, 5.41) is 11.4. The van der Waals surface area contributed by atoms with E-state index in [1.165, 1.54) is 0 Å². The molecule has 1 amide bonds. The van der Waals surface area contributed by atoms with Crippen molar-refractivity contribution in [3.05, 3.63) is 59.9 Å². The van der Waals surface area contributed by atoms with Gasteiger partial charge in [-0.1, -0.05) is 30.0 Å². The number of aliphatic hydroxyl groups excluding tert-OH is 1. The van der Waals surface area contributed by atoms with E-state index in [2.05, 4.69) is 22.1 Å². The van der Waals surface area contributed by atoms with E-state index >= 15 is 0 Å². The number of carbonyl (C=O) groups excluding carboxylic acids is 1. The summed E-state index contributed by atoms with van der Waals surface area (Å²) in [7, 11) is 0. The first kappa shape index (κ1) is 13.8. The van der Waals surface area contributed by atoms with Gasteiger partial charge in [0, 0.05) is 23.9 Å². The molecule has 0 atom stereocenters. The molecule has 2 rings (SSSR count). The highest BCUT2D eigenvalue weighted by molar-refractivity contribution is 6.02. The monoisotopic (exact) mass is 266 g/mol. The molecule has 0 aliphatic rings. The van der Waals surface area contributed by atoms with Gasteiger partial charge in [-0.05, 0) is 24.3 Å². The number of amides is 1. The summed E-state index contributed by atoms with van der Waals surface area (Å²) < 4.78 is 0. The number of anilines is 1. The largest absolute Gasteiger partial charge is 0.395 e. The molecule has 1 aromatic carbocycles. The van der Waals surface area contributed by atoms with Crippen LogP contribution < -0.4 is 5.32 Å². The maximum Gasteiger partial charge on any atom is 0.274 e. The molecule has 0 unspecified atom stereocenters. The fourth-order valence-corrected chi connectivity index (χ4v) is 1.54. The summed E-state index contributed by atoms with van der Waals surface area (Å²) in [6.07, 6.45) is 1.97. The Morgan fingerprint density at radius 1 is 1.20 bits per heavy atom. The average molecular weight is 266 g/mol. The zero-order chi connectivity index (χ0) is 14.2. The first-order valence-corrected chi connectivity index (χ1v) is 6.22. The van der Waals surface area contributed by atoms with Crippen LogP contribution in [0.15, 0.2) is 48.7 Å². The number of hydrogen-bond acceptors (Lipinski definition) is 3. The van der Waals surface area contributed by atoms with Gasteiger partial charge in [0.05, 0.1) is 6.61 Å². The number of benzene rings is 1. The molecule has 0 fully saturated rings. The number of nitrogens with zero attached hydrogens (tertiary/aromatic N) is 1. The van der Waals surface area contributed by atoms with E-state index in [0.717, 1.165) is 11.3 Å². The molecule has 0 aliphatic heterocycles. The molecule has 1 aromatic heterocycles. The lowest BCUT2D eigenvalue weighted by Gasteiger charge is -2.03. The third-order valence-electron chi connectivity index (χ3n) is 2.50. The van der Waals surface area contributed by atoms with E-state index in [4.69, 9.17) is 5.11 Å². The number of para-hydroxylation sites is 1. The fourth-order valence-electron chi connectivity index (χ4n) is 1.54. The Kier molecular flexibility index (Phi) is 4.87. The minimum absolute atomic E-state index is 0.0397. The normalized spacial score (nSPS) is 9.45. The van der Waals surface area contributed by atoms with Crippen molar-refractivity contribution in [2.45, 2.75) is 6.42 Å². The SMILES string of the molecule is O=C(Nc1ccccc1)c1ccc(C#CCCO)cn1. The van der Waals surface area contributed by atoms with Crippen LogP contribution in [0.3, 0.4) is 0 Å². The Morgan fingerprint density at radius 3 is 2.65 bits per heavy atom. The van der Waals surface area contributed by atoms with Crippen LogP contribution in [0.25, 0.3) is 0 Å². The molecule has 0 spiro atoms. The highest BCUT2D eigenvalue weighted by atomic mass is 16.2. The zero-order valence-corrected chi connectivity index (χ0v) is 10.8. The van der Waals surface area contributed by atoms with E-state index < -0.39 is 0 Å². The highest BCUT2D eigenvalue weighted by Gasteiger charge is 2.06.